The Balaban J connectivity index is 2.46. The lowest BCUT2D eigenvalue weighted by atomic mass is 9.92. The summed E-state index contributed by atoms with van der Waals surface area (Å²) in [6, 6.07) is 0.421. The second kappa shape index (κ2) is 3.22. The summed E-state index contributed by atoms with van der Waals surface area (Å²) in [5.41, 5.74) is 0. The highest BCUT2D eigenvalue weighted by atomic mass is 16.4. The fraction of sp³-hybridized carbons (Fsp3) is 0.875. The summed E-state index contributed by atoms with van der Waals surface area (Å²) in [6.07, 6.45) is 1.60. The minimum Gasteiger partial charge on any atom is -0.481 e. The van der Waals surface area contributed by atoms with E-state index in [9.17, 15) is 4.79 Å². The predicted molar refractivity (Wildman–Crippen MR) is 42.5 cm³/mol. The maximum atomic E-state index is 10.6. The van der Waals surface area contributed by atoms with Crippen molar-refractivity contribution >= 4 is 5.97 Å². The number of likely N-dealkylation sites (tertiary alicyclic amines) is 1. The van der Waals surface area contributed by atoms with Crippen LogP contribution in [-0.2, 0) is 4.79 Å². The Hall–Kier alpha value is -0.570. The molecule has 2 atom stereocenters. The summed E-state index contributed by atoms with van der Waals surface area (Å²) in [6.45, 7) is 2.99. The van der Waals surface area contributed by atoms with Gasteiger partial charge >= 0.3 is 5.97 Å². The van der Waals surface area contributed by atoms with Crippen LogP contribution in [0.3, 0.4) is 0 Å². The Morgan fingerprint density at radius 3 is 2.73 bits per heavy atom. The molecule has 0 amide bonds. The molecule has 0 radical (unpaired) electrons. The first kappa shape index (κ1) is 8.53. The number of carboxylic acid groups (broad SMARTS) is 1. The van der Waals surface area contributed by atoms with Crippen molar-refractivity contribution in [1.29, 1.82) is 0 Å². The molecule has 0 aromatic heterocycles. The van der Waals surface area contributed by atoms with Crippen LogP contribution in [0, 0.1) is 5.92 Å². The molecule has 1 N–H and O–H groups in total. The second-order valence-electron chi connectivity index (χ2n) is 3.39. The molecule has 1 heterocycles. The summed E-state index contributed by atoms with van der Waals surface area (Å²) in [5, 5.41) is 8.72. The normalized spacial score (nSPS) is 33.6. The fourth-order valence-electron chi connectivity index (χ4n) is 1.51. The number of hydrogen-bond acceptors (Lipinski definition) is 2. The first-order valence-electron chi connectivity index (χ1n) is 4.04. The van der Waals surface area contributed by atoms with E-state index in [0.29, 0.717) is 6.04 Å². The molecule has 0 aliphatic carbocycles. The van der Waals surface area contributed by atoms with Crippen LogP contribution in [0.5, 0.6) is 0 Å². The van der Waals surface area contributed by atoms with Gasteiger partial charge in [0.05, 0.1) is 5.92 Å². The molecule has 1 aliphatic heterocycles. The van der Waals surface area contributed by atoms with Gasteiger partial charge in [-0.15, -0.1) is 0 Å². The Morgan fingerprint density at radius 2 is 2.27 bits per heavy atom. The minimum atomic E-state index is -0.634. The molecule has 0 aromatic carbocycles. The van der Waals surface area contributed by atoms with Gasteiger partial charge in [0.2, 0.25) is 0 Å². The van der Waals surface area contributed by atoms with Crippen LogP contribution in [0.25, 0.3) is 0 Å². The van der Waals surface area contributed by atoms with E-state index in [-0.39, 0.29) is 5.92 Å². The molecule has 1 rings (SSSR count). The van der Waals surface area contributed by atoms with Gasteiger partial charge in [-0.3, -0.25) is 4.79 Å². The topological polar surface area (TPSA) is 40.5 Å². The number of carbonyl (C=O) groups is 1. The lowest BCUT2D eigenvalue weighted by molar-refractivity contribution is -0.143. The van der Waals surface area contributed by atoms with Crippen molar-refractivity contribution in [1.82, 2.24) is 4.90 Å². The van der Waals surface area contributed by atoms with Gasteiger partial charge in [-0.05, 0) is 33.4 Å². The van der Waals surface area contributed by atoms with E-state index < -0.39 is 5.97 Å². The van der Waals surface area contributed by atoms with Gasteiger partial charge in [0, 0.05) is 6.04 Å². The van der Waals surface area contributed by atoms with Crippen LogP contribution in [0.4, 0.5) is 0 Å². The van der Waals surface area contributed by atoms with E-state index in [0.717, 1.165) is 19.4 Å². The van der Waals surface area contributed by atoms with Gasteiger partial charge < -0.3 is 10.0 Å². The number of piperidine rings is 1. The standard InChI is InChI=1S/C8H15NO2/c1-6-5-7(8(10)11)3-4-9(6)2/h6-7H,3-5H2,1-2H3,(H,10,11)/t6-,7-/m0/s1. The molecule has 0 unspecified atom stereocenters. The average molecular weight is 157 g/mol. The van der Waals surface area contributed by atoms with Crippen LogP contribution < -0.4 is 0 Å². The van der Waals surface area contributed by atoms with E-state index in [1.54, 1.807) is 0 Å². The smallest absolute Gasteiger partial charge is 0.306 e. The molecule has 0 spiro atoms. The number of aliphatic carboxylic acids is 1. The molecular weight excluding hydrogens is 142 g/mol. The number of hydrogen-bond donors (Lipinski definition) is 1. The third-order valence-electron chi connectivity index (χ3n) is 2.56. The summed E-state index contributed by atoms with van der Waals surface area (Å²) in [7, 11) is 2.04. The molecule has 1 fully saturated rings. The van der Waals surface area contributed by atoms with Gasteiger partial charge in [-0.1, -0.05) is 0 Å². The Labute approximate surface area is 67.0 Å². The first-order valence-corrected chi connectivity index (χ1v) is 4.04. The van der Waals surface area contributed by atoms with Gasteiger partial charge in [-0.2, -0.15) is 0 Å². The highest BCUT2D eigenvalue weighted by Crippen LogP contribution is 2.21. The molecule has 1 saturated heterocycles. The first-order chi connectivity index (χ1) is 5.11. The highest BCUT2D eigenvalue weighted by molar-refractivity contribution is 5.70. The Kier molecular flexibility index (Phi) is 2.49. The van der Waals surface area contributed by atoms with Crippen LogP contribution in [0.2, 0.25) is 0 Å². The number of rotatable bonds is 1. The predicted octanol–water partition coefficient (Wildman–Crippen LogP) is 0.801. The molecule has 64 valence electrons. The molecule has 0 aromatic rings. The summed E-state index contributed by atoms with van der Waals surface area (Å²) in [4.78, 5) is 12.8. The molecular formula is C8H15NO2. The lowest BCUT2D eigenvalue weighted by Crippen LogP contribution is -2.39. The Morgan fingerprint density at radius 1 is 1.64 bits per heavy atom. The van der Waals surface area contributed by atoms with E-state index in [2.05, 4.69) is 11.8 Å². The van der Waals surface area contributed by atoms with Crippen molar-refractivity contribution in [3.05, 3.63) is 0 Å². The highest BCUT2D eigenvalue weighted by Gasteiger charge is 2.27. The van der Waals surface area contributed by atoms with Crippen molar-refractivity contribution in [2.24, 2.45) is 5.92 Å². The van der Waals surface area contributed by atoms with Crippen molar-refractivity contribution in [2.75, 3.05) is 13.6 Å². The van der Waals surface area contributed by atoms with E-state index >= 15 is 0 Å². The van der Waals surface area contributed by atoms with E-state index in [1.807, 2.05) is 7.05 Å². The summed E-state index contributed by atoms with van der Waals surface area (Å²) in [5.74, 6) is -0.744. The van der Waals surface area contributed by atoms with Crippen LogP contribution in [0.15, 0.2) is 0 Å². The third-order valence-corrected chi connectivity index (χ3v) is 2.56. The largest absolute Gasteiger partial charge is 0.481 e. The zero-order chi connectivity index (χ0) is 8.43. The monoisotopic (exact) mass is 157 g/mol. The molecule has 0 saturated carbocycles. The number of carboxylic acids is 1. The van der Waals surface area contributed by atoms with E-state index in [1.165, 1.54) is 0 Å². The minimum absolute atomic E-state index is 0.110. The van der Waals surface area contributed by atoms with E-state index in [4.69, 9.17) is 5.11 Å². The average Bonchev–Trinajstić information content (AvgIpc) is 1.94. The van der Waals surface area contributed by atoms with Crippen LogP contribution in [-0.4, -0.2) is 35.6 Å². The second-order valence-corrected chi connectivity index (χ2v) is 3.39. The molecule has 3 nitrogen and oxygen atoms in total. The van der Waals surface area contributed by atoms with Gasteiger partial charge in [0.1, 0.15) is 0 Å². The summed E-state index contributed by atoms with van der Waals surface area (Å²) < 4.78 is 0. The zero-order valence-corrected chi connectivity index (χ0v) is 7.08. The Bertz CT molecular complexity index is 158. The van der Waals surface area contributed by atoms with Crippen molar-refractivity contribution in [3.8, 4) is 0 Å². The number of nitrogens with zero attached hydrogens (tertiary/aromatic N) is 1. The van der Waals surface area contributed by atoms with Crippen molar-refractivity contribution in [3.63, 3.8) is 0 Å². The van der Waals surface area contributed by atoms with Crippen molar-refractivity contribution in [2.45, 2.75) is 25.8 Å². The SMILES string of the molecule is C[C@H]1C[C@@H](C(=O)O)CCN1C. The third kappa shape index (κ3) is 1.93. The molecule has 3 heteroatoms. The fourth-order valence-corrected chi connectivity index (χ4v) is 1.51. The maximum absolute atomic E-state index is 10.6. The maximum Gasteiger partial charge on any atom is 0.306 e. The van der Waals surface area contributed by atoms with Gasteiger partial charge in [0.25, 0.3) is 0 Å². The molecule has 0 bridgehead atoms. The molecule has 1 aliphatic rings. The van der Waals surface area contributed by atoms with Gasteiger partial charge in [-0.25, -0.2) is 0 Å². The summed E-state index contributed by atoms with van der Waals surface area (Å²) >= 11 is 0. The van der Waals surface area contributed by atoms with Crippen LogP contribution in [0.1, 0.15) is 19.8 Å². The zero-order valence-electron chi connectivity index (χ0n) is 7.08. The molecule has 11 heavy (non-hydrogen) atoms. The van der Waals surface area contributed by atoms with Crippen molar-refractivity contribution < 1.29 is 9.90 Å². The lowest BCUT2D eigenvalue weighted by Gasteiger charge is -2.32. The van der Waals surface area contributed by atoms with Crippen LogP contribution >= 0.6 is 0 Å². The van der Waals surface area contributed by atoms with Gasteiger partial charge in [0.15, 0.2) is 0 Å². The quantitative estimate of drug-likeness (QED) is 0.612.